The maximum absolute atomic E-state index is 14.2. The van der Waals surface area contributed by atoms with E-state index >= 15 is 0 Å². The zero-order valence-electron chi connectivity index (χ0n) is 15.2. The fourth-order valence-electron chi connectivity index (χ4n) is 2.99. The standard InChI is InChI=1S/C21H18FN3O2S/c1-13-6-2-5-9-18(13)24-20(27)12-28-21-16(11-23)15(10-19(26)25-21)14-7-3-4-8-17(14)22/h2-9,15H,10,12H2,1H3,(H,24,27)(H,25,26)/t15-/m0/s1. The smallest absolute Gasteiger partial charge is 0.234 e. The number of hydrogen-bond acceptors (Lipinski definition) is 4. The molecule has 3 rings (SSSR count). The van der Waals surface area contributed by atoms with Crippen molar-refractivity contribution in [1.29, 1.82) is 5.26 Å². The van der Waals surface area contributed by atoms with E-state index in [2.05, 4.69) is 16.7 Å². The van der Waals surface area contributed by atoms with Gasteiger partial charge in [-0.15, -0.1) is 0 Å². The molecule has 1 atom stereocenters. The van der Waals surface area contributed by atoms with Crippen LogP contribution in [-0.4, -0.2) is 17.6 Å². The molecule has 0 saturated carbocycles. The van der Waals surface area contributed by atoms with E-state index in [1.807, 2.05) is 25.1 Å². The van der Waals surface area contributed by atoms with Gasteiger partial charge < -0.3 is 10.6 Å². The summed E-state index contributed by atoms with van der Waals surface area (Å²) in [6, 6.07) is 15.6. The number of nitriles is 1. The van der Waals surface area contributed by atoms with Gasteiger partial charge in [0.25, 0.3) is 0 Å². The van der Waals surface area contributed by atoms with E-state index in [0.29, 0.717) is 16.3 Å². The molecule has 0 unspecified atom stereocenters. The van der Waals surface area contributed by atoms with E-state index in [1.54, 1.807) is 24.3 Å². The van der Waals surface area contributed by atoms with Gasteiger partial charge in [0.2, 0.25) is 11.8 Å². The summed E-state index contributed by atoms with van der Waals surface area (Å²) < 4.78 is 14.2. The Morgan fingerprint density at radius 3 is 2.71 bits per heavy atom. The lowest BCUT2D eigenvalue weighted by Crippen LogP contribution is -2.31. The minimum atomic E-state index is -0.665. The van der Waals surface area contributed by atoms with Gasteiger partial charge in [-0.05, 0) is 30.2 Å². The second-order valence-corrected chi connectivity index (χ2v) is 7.32. The Bertz CT molecular complexity index is 997. The predicted molar refractivity (Wildman–Crippen MR) is 107 cm³/mol. The number of nitrogens with one attached hydrogen (secondary N) is 2. The fraction of sp³-hybridized carbons (Fsp3) is 0.190. The Morgan fingerprint density at radius 1 is 1.29 bits per heavy atom. The summed E-state index contributed by atoms with van der Waals surface area (Å²) in [5.41, 5.74) is 2.21. The van der Waals surface area contributed by atoms with Crippen LogP contribution in [0.25, 0.3) is 0 Å². The monoisotopic (exact) mass is 395 g/mol. The number of halogens is 1. The van der Waals surface area contributed by atoms with Crippen LogP contribution in [0.2, 0.25) is 0 Å². The molecule has 28 heavy (non-hydrogen) atoms. The summed E-state index contributed by atoms with van der Waals surface area (Å²) in [5, 5.41) is 15.4. The van der Waals surface area contributed by atoms with Gasteiger partial charge in [0.1, 0.15) is 5.82 Å². The lowest BCUT2D eigenvalue weighted by Gasteiger charge is -2.25. The number of carbonyl (C=O) groups is 2. The first-order valence-corrected chi connectivity index (χ1v) is 9.65. The van der Waals surface area contributed by atoms with E-state index < -0.39 is 11.7 Å². The average molecular weight is 395 g/mol. The third-order valence-electron chi connectivity index (χ3n) is 4.40. The van der Waals surface area contributed by atoms with Crippen molar-refractivity contribution in [2.75, 3.05) is 11.1 Å². The number of nitrogens with zero attached hydrogens (tertiary/aromatic N) is 1. The SMILES string of the molecule is Cc1ccccc1NC(=O)CSC1=C(C#N)[C@H](c2ccccc2F)CC(=O)N1. The number of rotatable bonds is 5. The van der Waals surface area contributed by atoms with E-state index in [1.165, 1.54) is 6.07 Å². The number of hydrogen-bond donors (Lipinski definition) is 2. The van der Waals surface area contributed by atoms with Gasteiger partial charge in [0.15, 0.2) is 0 Å². The van der Waals surface area contributed by atoms with Crippen molar-refractivity contribution in [3.8, 4) is 6.07 Å². The van der Waals surface area contributed by atoms with Crippen LogP contribution >= 0.6 is 11.8 Å². The predicted octanol–water partition coefficient (Wildman–Crippen LogP) is 3.84. The maximum Gasteiger partial charge on any atom is 0.234 e. The first kappa shape index (κ1) is 19.6. The van der Waals surface area contributed by atoms with Gasteiger partial charge >= 0.3 is 0 Å². The zero-order chi connectivity index (χ0) is 20.1. The highest BCUT2D eigenvalue weighted by Gasteiger charge is 2.31. The third kappa shape index (κ3) is 4.41. The Morgan fingerprint density at radius 2 is 2.00 bits per heavy atom. The second kappa shape index (κ2) is 8.72. The molecule has 2 N–H and O–H groups in total. The van der Waals surface area contributed by atoms with Crippen LogP contribution in [-0.2, 0) is 9.59 Å². The van der Waals surface area contributed by atoms with Crippen LogP contribution in [0.5, 0.6) is 0 Å². The lowest BCUT2D eigenvalue weighted by molar-refractivity contribution is -0.121. The maximum atomic E-state index is 14.2. The Hall–Kier alpha value is -3.11. The molecule has 142 valence electrons. The minimum Gasteiger partial charge on any atom is -0.325 e. The molecule has 0 aromatic heterocycles. The molecule has 1 aliphatic rings. The molecule has 2 aromatic rings. The molecule has 0 aliphatic carbocycles. The molecule has 0 radical (unpaired) electrons. The van der Waals surface area contributed by atoms with Gasteiger partial charge in [-0.25, -0.2) is 4.39 Å². The highest BCUT2D eigenvalue weighted by Crippen LogP contribution is 2.36. The average Bonchev–Trinajstić information content (AvgIpc) is 2.68. The number of carbonyl (C=O) groups excluding carboxylic acids is 2. The number of amides is 2. The van der Waals surface area contributed by atoms with Crippen LogP contribution < -0.4 is 10.6 Å². The van der Waals surface area contributed by atoms with Crippen LogP contribution in [0.4, 0.5) is 10.1 Å². The van der Waals surface area contributed by atoms with Gasteiger partial charge in [0, 0.05) is 18.0 Å². The molecule has 7 heteroatoms. The van der Waals surface area contributed by atoms with Crippen LogP contribution in [0, 0.1) is 24.1 Å². The summed E-state index contributed by atoms with van der Waals surface area (Å²) in [5.74, 6) is -1.68. The van der Waals surface area contributed by atoms with Crippen molar-refractivity contribution >= 4 is 29.3 Å². The quantitative estimate of drug-likeness (QED) is 0.806. The molecular weight excluding hydrogens is 377 g/mol. The summed E-state index contributed by atoms with van der Waals surface area (Å²) in [6.45, 7) is 1.89. The largest absolute Gasteiger partial charge is 0.325 e. The molecule has 1 aliphatic heterocycles. The second-order valence-electron chi connectivity index (χ2n) is 6.33. The fourth-order valence-corrected chi connectivity index (χ4v) is 3.87. The number of benzene rings is 2. The van der Waals surface area contributed by atoms with Crippen molar-refractivity contribution in [3.05, 3.63) is 76.1 Å². The van der Waals surface area contributed by atoms with Crippen molar-refractivity contribution in [3.63, 3.8) is 0 Å². The molecular formula is C21H18FN3O2S. The molecule has 0 bridgehead atoms. The summed E-state index contributed by atoms with van der Waals surface area (Å²) in [6.07, 6.45) is -0.0106. The molecule has 2 aromatic carbocycles. The van der Waals surface area contributed by atoms with Gasteiger partial charge in [-0.3, -0.25) is 9.59 Å². The first-order chi connectivity index (χ1) is 13.5. The van der Waals surface area contributed by atoms with Gasteiger partial charge in [-0.1, -0.05) is 48.2 Å². The van der Waals surface area contributed by atoms with Gasteiger partial charge in [0.05, 0.1) is 22.4 Å². The Kier molecular flexibility index (Phi) is 6.12. The van der Waals surface area contributed by atoms with Crippen LogP contribution in [0.15, 0.2) is 59.1 Å². The molecule has 0 fully saturated rings. The van der Waals surface area contributed by atoms with Crippen molar-refractivity contribution in [2.24, 2.45) is 0 Å². The summed E-state index contributed by atoms with van der Waals surface area (Å²) in [4.78, 5) is 24.4. The lowest BCUT2D eigenvalue weighted by atomic mass is 9.87. The van der Waals surface area contributed by atoms with E-state index in [-0.39, 0.29) is 29.6 Å². The normalized spacial score (nSPS) is 16.3. The zero-order valence-corrected chi connectivity index (χ0v) is 16.0. The summed E-state index contributed by atoms with van der Waals surface area (Å²) in [7, 11) is 0. The molecule has 0 saturated heterocycles. The van der Waals surface area contributed by atoms with Crippen molar-refractivity contribution < 1.29 is 14.0 Å². The van der Waals surface area contributed by atoms with E-state index in [4.69, 9.17) is 0 Å². The molecule has 2 amide bonds. The van der Waals surface area contributed by atoms with Gasteiger partial charge in [-0.2, -0.15) is 5.26 Å². The van der Waals surface area contributed by atoms with Crippen LogP contribution in [0.1, 0.15) is 23.5 Å². The molecule has 1 heterocycles. The molecule has 5 nitrogen and oxygen atoms in total. The third-order valence-corrected chi connectivity index (χ3v) is 5.42. The Labute approximate surface area is 166 Å². The number of anilines is 1. The van der Waals surface area contributed by atoms with E-state index in [9.17, 15) is 19.2 Å². The number of allylic oxidation sites excluding steroid dienone is 1. The number of aryl methyl sites for hydroxylation is 1. The van der Waals surface area contributed by atoms with Crippen molar-refractivity contribution in [2.45, 2.75) is 19.3 Å². The topological polar surface area (TPSA) is 82.0 Å². The Balaban J connectivity index is 1.78. The minimum absolute atomic E-state index is 0.0106. The van der Waals surface area contributed by atoms with Crippen LogP contribution in [0.3, 0.4) is 0 Å². The summed E-state index contributed by atoms with van der Waals surface area (Å²) >= 11 is 1.06. The molecule has 0 spiro atoms. The van der Waals surface area contributed by atoms with Crippen molar-refractivity contribution in [1.82, 2.24) is 5.32 Å². The highest BCUT2D eigenvalue weighted by molar-refractivity contribution is 8.03. The first-order valence-electron chi connectivity index (χ1n) is 8.66. The number of para-hydroxylation sites is 1. The van der Waals surface area contributed by atoms with E-state index in [0.717, 1.165) is 17.3 Å². The highest BCUT2D eigenvalue weighted by atomic mass is 32.2. The number of thioether (sulfide) groups is 1.